The van der Waals surface area contributed by atoms with Gasteiger partial charge in [-0.15, -0.1) is 0 Å². The molecule has 0 N–H and O–H groups in total. The Hall–Kier alpha value is -5.24. The van der Waals surface area contributed by atoms with Crippen LogP contribution < -0.4 is 4.67 Å². The first-order valence-electron chi connectivity index (χ1n) is 14.5. The largest absolute Gasteiger partial charge is 0.404 e. The zero-order chi connectivity index (χ0) is 28.6. The maximum atomic E-state index is 7.11. The van der Waals surface area contributed by atoms with Gasteiger partial charge in [0.15, 0.2) is 0 Å². The van der Waals surface area contributed by atoms with Crippen molar-refractivity contribution in [3.05, 3.63) is 175 Å². The summed E-state index contributed by atoms with van der Waals surface area (Å²) in [6.07, 6.45) is 0. The van der Waals surface area contributed by atoms with Crippen molar-refractivity contribution in [3.63, 3.8) is 0 Å². The number of hydrogen-bond donors (Lipinski definition) is 0. The van der Waals surface area contributed by atoms with E-state index in [1.54, 1.807) is 0 Å². The summed E-state index contributed by atoms with van der Waals surface area (Å²) >= 11 is 0. The van der Waals surface area contributed by atoms with Crippen LogP contribution in [0.5, 0.6) is 0 Å². The Balaban J connectivity index is 1.53. The Morgan fingerprint density at radius 3 is 1.33 bits per heavy atom. The van der Waals surface area contributed by atoms with E-state index in [1.165, 1.54) is 10.8 Å². The van der Waals surface area contributed by atoms with Crippen LogP contribution in [0.2, 0.25) is 0 Å². The molecule has 0 amide bonds. The SMILES string of the molecule is c1ccc(C(c2ccccc2)N(c2ccccc2)p2oc3ccc4ccccc4c3c3c(ccc4ccccc43)o2)cc1. The van der Waals surface area contributed by atoms with Gasteiger partial charge < -0.3 is 8.39 Å². The minimum Gasteiger partial charge on any atom is -0.404 e. The molecular formula is C39H28NO2P. The van der Waals surface area contributed by atoms with Gasteiger partial charge in [0.1, 0.15) is 11.2 Å². The Bertz CT molecular complexity index is 2110. The highest BCUT2D eigenvalue weighted by Crippen LogP contribution is 2.49. The fraction of sp³-hybridized carbons (Fsp3) is 0.0256. The van der Waals surface area contributed by atoms with Gasteiger partial charge in [0.2, 0.25) is 0 Å². The molecule has 0 saturated carbocycles. The molecule has 1 heterocycles. The molecule has 206 valence electrons. The first-order valence-corrected chi connectivity index (χ1v) is 15.6. The summed E-state index contributed by atoms with van der Waals surface area (Å²) in [6, 6.07) is 57.1. The molecule has 0 aliphatic rings. The third-order valence-electron chi connectivity index (χ3n) is 8.06. The number of para-hydroxylation sites is 1. The van der Waals surface area contributed by atoms with E-state index in [1.807, 2.05) is 6.07 Å². The maximum Gasteiger partial charge on any atom is 0.342 e. The molecule has 4 heteroatoms. The van der Waals surface area contributed by atoms with E-state index in [-0.39, 0.29) is 6.04 Å². The van der Waals surface area contributed by atoms with E-state index in [4.69, 9.17) is 8.39 Å². The average Bonchev–Trinajstić information content (AvgIpc) is 3.25. The van der Waals surface area contributed by atoms with Gasteiger partial charge in [0.05, 0.1) is 11.7 Å². The second-order valence-corrected chi connectivity index (χ2v) is 11.9. The minimum absolute atomic E-state index is 0.151. The standard InChI is InChI=1S/C39H28NO2P/c1-4-16-30(17-5-1)39(31-18-6-2-7-19-31)40(32-20-8-3-9-21-32)43-41-35-26-24-28-14-10-12-22-33(28)37(35)38-34-23-13-11-15-29(34)25-27-36(38)42-43/h1-27,39H. The van der Waals surface area contributed by atoms with Crippen molar-refractivity contribution in [2.45, 2.75) is 6.04 Å². The molecule has 3 nitrogen and oxygen atoms in total. The molecule has 0 bridgehead atoms. The zero-order valence-electron chi connectivity index (χ0n) is 23.4. The maximum absolute atomic E-state index is 7.11. The molecule has 0 atom stereocenters. The van der Waals surface area contributed by atoms with Crippen molar-refractivity contribution >= 4 is 57.3 Å². The minimum atomic E-state index is -1.68. The van der Waals surface area contributed by atoms with E-state index in [2.05, 4.69) is 162 Å². The highest BCUT2D eigenvalue weighted by molar-refractivity contribution is 7.39. The van der Waals surface area contributed by atoms with Crippen molar-refractivity contribution in [2.75, 3.05) is 4.67 Å². The van der Waals surface area contributed by atoms with Crippen molar-refractivity contribution in [1.29, 1.82) is 0 Å². The van der Waals surface area contributed by atoms with Crippen LogP contribution in [-0.4, -0.2) is 0 Å². The van der Waals surface area contributed by atoms with Crippen LogP contribution >= 0.6 is 8.16 Å². The predicted molar refractivity (Wildman–Crippen MR) is 180 cm³/mol. The number of rotatable bonds is 5. The van der Waals surface area contributed by atoms with E-state index in [0.717, 1.165) is 49.5 Å². The molecule has 0 fully saturated rings. The van der Waals surface area contributed by atoms with E-state index >= 15 is 0 Å². The summed E-state index contributed by atoms with van der Waals surface area (Å²) < 4.78 is 16.5. The highest BCUT2D eigenvalue weighted by atomic mass is 31.1. The van der Waals surface area contributed by atoms with E-state index in [0.29, 0.717) is 0 Å². The van der Waals surface area contributed by atoms with Crippen molar-refractivity contribution in [3.8, 4) is 0 Å². The van der Waals surface area contributed by atoms with Crippen LogP contribution in [0.1, 0.15) is 17.2 Å². The lowest BCUT2D eigenvalue weighted by molar-refractivity contribution is 0.624. The summed E-state index contributed by atoms with van der Waals surface area (Å²) in [5.74, 6) is 0. The Morgan fingerprint density at radius 1 is 0.419 bits per heavy atom. The smallest absolute Gasteiger partial charge is 0.342 e. The first kappa shape index (κ1) is 25.5. The first-order chi connectivity index (χ1) is 21.3. The zero-order valence-corrected chi connectivity index (χ0v) is 24.3. The number of anilines is 1. The van der Waals surface area contributed by atoms with E-state index in [9.17, 15) is 0 Å². The molecule has 1 aromatic heterocycles. The fourth-order valence-electron chi connectivity index (χ4n) is 6.11. The van der Waals surface area contributed by atoms with Gasteiger partial charge in [-0.05, 0) is 56.9 Å². The monoisotopic (exact) mass is 573 g/mol. The third kappa shape index (κ3) is 4.55. The average molecular weight is 574 g/mol. The number of hydrogen-bond acceptors (Lipinski definition) is 3. The third-order valence-corrected chi connectivity index (χ3v) is 9.58. The molecule has 8 rings (SSSR count). The molecular weight excluding hydrogens is 545 g/mol. The van der Waals surface area contributed by atoms with Gasteiger partial charge in [-0.2, -0.15) is 0 Å². The molecule has 43 heavy (non-hydrogen) atoms. The molecule has 7 aromatic carbocycles. The fourth-order valence-corrected chi connectivity index (χ4v) is 7.74. The molecule has 0 radical (unpaired) electrons. The summed E-state index contributed by atoms with van der Waals surface area (Å²) in [5.41, 5.74) is 4.99. The summed E-state index contributed by atoms with van der Waals surface area (Å²) in [6.45, 7) is 0. The number of fused-ring (bicyclic) bond motifs is 7. The van der Waals surface area contributed by atoms with Crippen LogP contribution in [-0.2, 0) is 0 Å². The van der Waals surface area contributed by atoms with E-state index < -0.39 is 8.16 Å². The van der Waals surface area contributed by atoms with Crippen molar-refractivity contribution in [2.24, 2.45) is 0 Å². The summed E-state index contributed by atoms with van der Waals surface area (Å²) in [4.78, 5) is 0. The van der Waals surface area contributed by atoms with Gasteiger partial charge in [-0.1, -0.05) is 140 Å². The van der Waals surface area contributed by atoms with Gasteiger partial charge in [0, 0.05) is 10.8 Å². The molecule has 0 aliphatic carbocycles. The van der Waals surface area contributed by atoms with Crippen LogP contribution in [0.3, 0.4) is 0 Å². The lowest BCUT2D eigenvalue weighted by Gasteiger charge is -2.31. The molecule has 0 unspecified atom stereocenters. The van der Waals surface area contributed by atoms with Gasteiger partial charge in [0.25, 0.3) is 0 Å². The quantitative estimate of drug-likeness (QED) is 0.205. The lowest BCUT2D eigenvalue weighted by atomic mass is 9.98. The van der Waals surface area contributed by atoms with Gasteiger partial charge >= 0.3 is 8.16 Å². The molecule has 0 spiro atoms. The second kappa shape index (κ2) is 10.9. The number of nitrogens with zero attached hydrogens (tertiary/aromatic N) is 1. The van der Waals surface area contributed by atoms with Crippen LogP contribution in [0.4, 0.5) is 5.69 Å². The Morgan fingerprint density at radius 2 is 0.837 bits per heavy atom. The normalized spacial score (nSPS) is 11.5. The molecule has 8 aromatic rings. The predicted octanol–water partition coefficient (Wildman–Crippen LogP) is 11.7. The van der Waals surface area contributed by atoms with Crippen molar-refractivity contribution in [1.82, 2.24) is 0 Å². The Labute approximate surface area is 250 Å². The Kier molecular flexibility index (Phi) is 6.44. The van der Waals surface area contributed by atoms with Crippen LogP contribution in [0.25, 0.3) is 43.5 Å². The topological polar surface area (TPSA) is 29.5 Å². The van der Waals surface area contributed by atoms with Crippen LogP contribution in [0.15, 0.2) is 172 Å². The van der Waals surface area contributed by atoms with Gasteiger partial charge in [-0.3, -0.25) is 4.67 Å². The van der Waals surface area contributed by atoms with Gasteiger partial charge in [-0.25, -0.2) is 0 Å². The number of benzene rings is 7. The summed E-state index contributed by atoms with van der Waals surface area (Å²) in [7, 11) is -1.68. The lowest BCUT2D eigenvalue weighted by Crippen LogP contribution is -2.22. The molecule has 0 saturated heterocycles. The highest BCUT2D eigenvalue weighted by Gasteiger charge is 2.28. The summed E-state index contributed by atoms with van der Waals surface area (Å²) in [5, 5.41) is 6.76. The van der Waals surface area contributed by atoms with Crippen molar-refractivity contribution < 1.29 is 8.39 Å². The van der Waals surface area contributed by atoms with Crippen LogP contribution in [0, 0.1) is 0 Å². The second-order valence-electron chi connectivity index (χ2n) is 10.6. The molecule has 0 aliphatic heterocycles.